The molecule has 3 aromatic rings. The van der Waals surface area contributed by atoms with Gasteiger partial charge in [0.25, 0.3) is 0 Å². The van der Waals surface area contributed by atoms with Crippen LogP contribution in [-0.2, 0) is 19.4 Å². The van der Waals surface area contributed by atoms with Crippen LogP contribution in [0.15, 0.2) is 53.7 Å². The fraction of sp³-hybridized carbons (Fsp3) is 0.263. The summed E-state index contributed by atoms with van der Waals surface area (Å²) >= 11 is 7.72. The smallest absolute Gasteiger partial charge is 0.191 e. The number of aromatic nitrogens is 3. The van der Waals surface area contributed by atoms with E-state index in [0.717, 1.165) is 28.0 Å². The van der Waals surface area contributed by atoms with Crippen LogP contribution in [0.1, 0.15) is 18.3 Å². The molecule has 0 fully saturated rings. The zero-order chi connectivity index (χ0) is 18.4. The summed E-state index contributed by atoms with van der Waals surface area (Å²) in [4.78, 5) is 0. The van der Waals surface area contributed by atoms with E-state index in [0.29, 0.717) is 24.0 Å². The van der Waals surface area contributed by atoms with Gasteiger partial charge in [0.2, 0.25) is 0 Å². The maximum absolute atomic E-state index is 6.11. The Hall–Kier alpha value is -2.18. The number of rotatable bonds is 8. The lowest BCUT2D eigenvalue weighted by molar-refractivity contribution is 0.290. The predicted molar refractivity (Wildman–Crippen MR) is 104 cm³/mol. The summed E-state index contributed by atoms with van der Waals surface area (Å²) in [6.45, 7) is 2.94. The minimum atomic E-state index is 0.309. The standard InChI is InChI=1S/C19H20ClN3O2S/c1-3-24-16-10-6-4-8-14(16)13-26-19-22-21-18(23(19)2)12-25-17-11-7-5-9-15(17)20/h4-11H,3,12-13H2,1-2H3. The van der Waals surface area contributed by atoms with Crippen molar-refractivity contribution >= 4 is 23.4 Å². The molecule has 3 rings (SSSR count). The first-order chi connectivity index (χ1) is 12.7. The van der Waals surface area contributed by atoms with Gasteiger partial charge in [0.15, 0.2) is 11.0 Å². The van der Waals surface area contributed by atoms with Crippen LogP contribution in [0.5, 0.6) is 11.5 Å². The van der Waals surface area contributed by atoms with Crippen molar-refractivity contribution in [2.45, 2.75) is 24.4 Å². The molecule has 0 spiro atoms. The molecule has 2 aromatic carbocycles. The summed E-state index contributed by atoms with van der Waals surface area (Å²) in [5.74, 6) is 3.04. The van der Waals surface area contributed by atoms with E-state index in [4.69, 9.17) is 21.1 Å². The van der Waals surface area contributed by atoms with Gasteiger partial charge in [-0.2, -0.15) is 0 Å². The molecule has 7 heteroatoms. The molecule has 0 N–H and O–H groups in total. The van der Waals surface area contributed by atoms with E-state index >= 15 is 0 Å². The van der Waals surface area contributed by atoms with Crippen LogP contribution in [0.3, 0.4) is 0 Å². The van der Waals surface area contributed by atoms with Gasteiger partial charge in [-0.15, -0.1) is 10.2 Å². The second-order valence-corrected chi connectivity index (χ2v) is 6.86. The molecule has 0 atom stereocenters. The molecule has 0 radical (unpaired) electrons. The summed E-state index contributed by atoms with van der Waals surface area (Å²) in [5, 5.41) is 9.90. The van der Waals surface area contributed by atoms with Crippen LogP contribution in [0.2, 0.25) is 5.02 Å². The lowest BCUT2D eigenvalue weighted by atomic mass is 10.2. The number of ether oxygens (including phenoxy) is 2. The average molecular weight is 390 g/mol. The van der Waals surface area contributed by atoms with Crippen LogP contribution >= 0.6 is 23.4 Å². The molecule has 0 aliphatic heterocycles. The molecule has 1 heterocycles. The van der Waals surface area contributed by atoms with Gasteiger partial charge < -0.3 is 14.0 Å². The number of halogens is 1. The normalized spacial score (nSPS) is 10.7. The predicted octanol–water partition coefficient (Wildman–Crippen LogP) is 4.74. The van der Waals surface area contributed by atoms with E-state index in [-0.39, 0.29) is 0 Å². The van der Waals surface area contributed by atoms with Crippen LogP contribution in [-0.4, -0.2) is 21.4 Å². The molecule has 1 aromatic heterocycles. The Morgan fingerprint density at radius 2 is 1.73 bits per heavy atom. The third-order valence-corrected chi connectivity index (χ3v) is 5.13. The molecule has 26 heavy (non-hydrogen) atoms. The minimum absolute atomic E-state index is 0.309. The zero-order valence-corrected chi connectivity index (χ0v) is 16.3. The zero-order valence-electron chi connectivity index (χ0n) is 14.7. The third kappa shape index (κ3) is 4.51. The quantitative estimate of drug-likeness (QED) is 0.521. The number of hydrogen-bond acceptors (Lipinski definition) is 5. The molecule has 0 unspecified atom stereocenters. The van der Waals surface area contributed by atoms with Crippen molar-refractivity contribution in [3.8, 4) is 11.5 Å². The molecule has 5 nitrogen and oxygen atoms in total. The van der Waals surface area contributed by atoms with Crippen molar-refractivity contribution < 1.29 is 9.47 Å². The maximum atomic E-state index is 6.11. The van der Waals surface area contributed by atoms with Gasteiger partial charge in [-0.25, -0.2) is 0 Å². The van der Waals surface area contributed by atoms with Crippen molar-refractivity contribution in [1.82, 2.24) is 14.8 Å². The summed E-state index contributed by atoms with van der Waals surface area (Å²) in [7, 11) is 1.93. The topological polar surface area (TPSA) is 49.2 Å². The Morgan fingerprint density at radius 1 is 1.00 bits per heavy atom. The molecule has 136 valence electrons. The Kier molecular flexibility index (Phi) is 6.41. The van der Waals surface area contributed by atoms with Gasteiger partial charge >= 0.3 is 0 Å². The SMILES string of the molecule is CCOc1ccccc1CSc1nnc(COc2ccccc2Cl)n1C. The summed E-state index contributed by atoms with van der Waals surface area (Å²) in [6.07, 6.45) is 0. The molecular formula is C19H20ClN3O2S. The number of para-hydroxylation sites is 2. The van der Waals surface area contributed by atoms with Crippen molar-refractivity contribution in [3.05, 3.63) is 64.9 Å². The van der Waals surface area contributed by atoms with Crippen LogP contribution in [0.25, 0.3) is 0 Å². The maximum Gasteiger partial charge on any atom is 0.191 e. The lowest BCUT2D eigenvalue weighted by Gasteiger charge is -2.10. The highest BCUT2D eigenvalue weighted by Crippen LogP contribution is 2.28. The van der Waals surface area contributed by atoms with Gasteiger partial charge in [0.1, 0.15) is 18.1 Å². The highest BCUT2D eigenvalue weighted by atomic mass is 35.5. The van der Waals surface area contributed by atoms with Crippen LogP contribution < -0.4 is 9.47 Å². The monoisotopic (exact) mass is 389 g/mol. The van der Waals surface area contributed by atoms with E-state index in [1.165, 1.54) is 0 Å². The highest BCUT2D eigenvalue weighted by Gasteiger charge is 2.12. The van der Waals surface area contributed by atoms with Gasteiger partial charge in [0, 0.05) is 18.4 Å². The van der Waals surface area contributed by atoms with Crippen molar-refractivity contribution in [2.24, 2.45) is 7.05 Å². The van der Waals surface area contributed by atoms with Crippen LogP contribution in [0, 0.1) is 0 Å². The molecule has 0 saturated carbocycles. The van der Waals surface area contributed by atoms with Gasteiger partial charge in [-0.3, -0.25) is 0 Å². The highest BCUT2D eigenvalue weighted by molar-refractivity contribution is 7.98. The van der Waals surface area contributed by atoms with E-state index in [1.807, 2.05) is 54.9 Å². The second kappa shape index (κ2) is 8.96. The van der Waals surface area contributed by atoms with Crippen molar-refractivity contribution in [1.29, 1.82) is 0 Å². The number of hydrogen-bond donors (Lipinski definition) is 0. The Bertz CT molecular complexity index is 869. The first-order valence-electron chi connectivity index (χ1n) is 8.28. The van der Waals surface area contributed by atoms with Crippen molar-refractivity contribution in [3.63, 3.8) is 0 Å². The largest absolute Gasteiger partial charge is 0.494 e. The fourth-order valence-electron chi connectivity index (χ4n) is 2.36. The van der Waals surface area contributed by atoms with Gasteiger partial charge in [-0.1, -0.05) is 53.7 Å². The van der Waals surface area contributed by atoms with E-state index in [9.17, 15) is 0 Å². The number of thioether (sulfide) groups is 1. The summed E-state index contributed by atoms with van der Waals surface area (Å²) < 4.78 is 13.4. The minimum Gasteiger partial charge on any atom is -0.494 e. The molecule has 0 bridgehead atoms. The Labute approximate surface area is 162 Å². The first kappa shape index (κ1) is 18.6. The van der Waals surface area contributed by atoms with E-state index in [2.05, 4.69) is 16.3 Å². The lowest BCUT2D eigenvalue weighted by Crippen LogP contribution is -2.04. The van der Waals surface area contributed by atoms with E-state index in [1.54, 1.807) is 17.8 Å². The van der Waals surface area contributed by atoms with Gasteiger partial charge in [-0.05, 0) is 25.1 Å². The second-order valence-electron chi connectivity index (χ2n) is 5.51. The first-order valence-corrected chi connectivity index (χ1v) is 9.64. The Morgan fingerprint density at radius 3 is 2.50 bits per heavy atom. The number of nitrogens with zero attached hydrogens (tertiary/aromatic N) is 3. The average Bonchev–Trinajstić information content (AvgIpc) is 3.00. The molecule has 0 aliphatic rings. The van der Waals surface area contributed by atoms with Crippen molar-refractivity contribution in [2.75, 3.05) is 6.61 Å². The fourth-order valence-corrected chi connectivity index (χ4v) is 3.47. The van der Waals surface area contributed by atoms with Gasteiger partial charge in [0.05, 0.1) is 11.6 Å². The van der Waals surface area contributed by atoms with E-state index < -0.39 is 0 Å². The summed E-state index contributed by atoms with van der Waals surface area (Å²) in [6, 6.07) is 15.4. The molecule has 0 saturated heterocycles. The molecule has 0 aliphatic carbocycles. The van der Waals surface area contributed by atoms with Crippen LogP contribution in [0.4, 0.5) is 0 Å². The Balaban J connectivity index is 1.63. The summed E-state index contributed by atoms with van der Waals surface area (Å²) in [5.41, 5.74) is 1.14. The third-order valence-electron chi connectivity index (χ3n) is 3.75. The molecule has 0 amide bonds. The number of benzene rings is 2. The molecular weight excluding hydrogens is 370 g/mol.